The van der Waals surface area contributed by atoms with Crippen LogP contribution in [0.2, 0.25) is 10.0 Å². The Morgan fingerprint density at radius 1 is 1.08 bits per heavy atom. The van der Waals surface area contributed by atoms with Gasteiger partial charge in [0.15, 0.2) is 0 Å². The van der Waals surface area contributed by atoms with Gasteiger partial charge in [0, 0.05) is 6.54 Å². The maximum Gasteiger partial charge on any atom is 0.148 e. The first-order valence-corrected chi connectivity index (χ1v) is 8.52. The largest absolute Gasteiger partial charge is 0.489 e. The number of nitrogens with zero attached hydrogens (tertiary/aromatic N) is 2. The second kappa shape index (κ2) is 7.87. The Labute approximate surface area is 155 Å². The van der Waals surface area contributed by atoms with Crippen LogP contribution in [0.4, 0.5) is 5.82 Å². The molecule has 2 N–H and O–H groups in total. The fourth-order valence-electron chi connectivity index (χ4n) is 2.31. The van der Waals surface area contributed by atoms with Crippen molar-refractivity contribution in [2.45, 2.75) is 13.0 Å². The van der Waals surface area contributed by atoms with Crippen LogP contribution in [0.25, 0.3) is 11.0 Å². The van der Waals surface area contributed by atoms with E-state index >= 15 is 0 Å². The van der Waals surface area contributed by atoms with Crippen LogP contribution in [-0.4, -0.2) is 34.3 Å². The summed E-state index contributed by atoms with van der Waals surface area (Å²) in [4.78, 5) is 9.03. The summed E-state index contributed by atoms with van der Waals surface area (Å²) >= 11 is 12.0. The molecule has 1 heterocycles. The minimum Gasteiger partial charge on any atom is -0.489 e. The van der Waals surface area contributed by atoms with Crippen molar-refractivity contribution < 1.29 is 9.84 Å². The molecule has 0 aliphatic rings. The molecule has 0 spiro atoms. The number of aryl methyl sites for hydroxylation is 1. The SMILES string of the molecule is Cc1nc2ccccc2nc1NC[C@@H](O)COc1cccc(Cl)c1Cl. The van der Waals surface area contributed by atoms with Crippen molar-refractivity contribution in [1.82, 2.24) is 9.97 Å². The monoisotopic (exact) mass is 377 g/mol. The van der Waals surface area contributed by atoms with Crippen LogP contribution in [-0.2, 0) is 0 Å². The molecule has 1 aromatic heterocycles. The topological polar surface area (TPSA) is 67.3 Å². The van der Waals surface area contributed by atoms with Gasteiger partial charge in [0.1, 0.15) is 29.3 Å². The number of ether oxygens (including phenoxy) is 1. The molecule has 0 fully saturated rings. The van der Waals surface area contributed by atoms with Gasteiger partial charge in [-0.2, -0.15) is 0 Å². The Balaban J connectivity index is 1.59. The molecule has 0 radical (unpaired) electrons. The lowest BCUT2D eigenvalue weighted by molar-refractivity contribution is 0.117. The average molecular weight is 378 g/mol. The molecule has 0 unspecified atom stereocenters. The number of rotatable bonds is 6. The van der Waals surface area contributed by atoms with E-state index in [0.29, 0.717) is 21.6 Å². The standard InChI is InChI=1S/C18H17Cl2N3O2/c1-11-18(23-15-7-3-2-6-14(15)22-11)21-9-12(24)10-25-16-8-4-5-13(19)17(16)20/h2-8,12,24H,9-10H2,1H3,(H,21,23)/t12-/m1/s1. The van der Waals surface area contributed by atoms with E-state index < -0.39 is 6.10 Å². The van der Waals surface area contributed by atoms with Gasteiger partial charge in [0.05, 0.1) is 21.7 Å². The lowest BCUT2D eigenvalue weighted by atomic mass is 10.3. The van der Waals surface area contributed by atoms with Gasteiger partial charge in [-0.1, -0.05) is 41.4 Å². The van der Waals surface area contributed by atoms with Crippen molar-refractivity contribution in [3.05, 3.63) is 58.2 Å². The van der Waals surface area contributed by atoms with Crippen molar-refractivity contribution >= 4 is 40.1 Å². The molecule has 7 heteroatoms. The minimum absolute atomic E-state index is 0.0765. The van der Waals surface area contributed by atoms with Gasteiger partial charge < -0.3 is 15.2 Å². The maximum atomic E-state index is 10.1. The van der Waals surface area contributed by atoms with Crippen molar-refractivity contribution in [2.75, 3.05) is 18.5 Å². The molecule has 0 aliphatic carbocycles. The van der Waals surface area contributed by atoms with Crippen molar-refractivity contribution in [3.63, 3.8) is 0 Å². The van der Waals surface area contributed by atoms with E-state index in [1.165, 1.54) is 0 Å². The van der Waals surface area contributed by atoms with Gasteiger partial charge >= 0.3 is 0 Å². The maximum absolute atomic E-state index is 10.1. The molecule has 5 nitrogen and oxygen atoms in total. The molecule has 3 rings (SSSR count). The summed E-state index contributed by atoms with van der Waals surface area (Å²) in [6.45, 7) is 2.22. The van der Waals surface area contributed by atoms with Crippen LogP contribution in [0.5, 0.6) is 5.75 Å². The number of hydrogen-bond acceptors (Lipinski definition) is 5. The summed E-state index contributed by atoms with van der Waals surface area (Å²) in [7, 11) is 0. The average Bonchev–Trinajstić information content (AvgIpc) is 2.61. The zero-order valence-corrected chi connectivity index (χ0v) is 15.1. The molecule has 2 aromatic carbocycles. The van der Waals surface area contributed by atoms with Crippen LogP contribution < -0.4 is 10.1 Å². The first kappa shape index (κ1) is 17.7. The molecule has 3 aromatic rings. The third-order valence-corrected chi connectivity index (χ3v) is 4.40. The highest BCUT2D eigenvalue weighted by Crippen LogP contribution is 2.31. The number of fused-ring (bicyclic) bond motifs is 1. The number of aliphatic hydroxyl groups is 1. The van der Waals surface area contributed by atoms with Crippen molar-refractivity contribution in [2.24, 2.45) is 0 Å². The van der Waals surface area contributed by atoms with E-state index in [2.05, 4.69) is 15.3 Å². The summed E-state index contributed by atoms with van der Waals surface area (Å²) in [5.41, 5.74) is 2.40. The van der Waals surface area contributed by atoms with Gasteiger partial charge in [-0.3, -0.25) is 0 Å². The Hall–Kier alpha value is -2.08. The zero-order chi connectivity index (χ0) is 17.8. The summed E-state index contributed by atoms with van der Waals surface area (Å²) in [5, 5.41) is 14.0. The second-order valence-electron chi connectivity index (χ2n) is 5.54. The molecule has 0 bridgehead atoms. The predicted molar refractivity (Wildman–Crippen MR) is 101 cm³/mol. The first-order valence-electron chi connectivity index (χ1n) is 7.76. The molecule has 0 saturated heterocycles. The van der Waals surface area contributed by atoms with Crippen LogP contribution in [0.1, 0.15) is 5.69 Å². The van der Waals surface area contributed by atoms with E-state index in [1.54, 1.807) is 18.2 Å². The van der Waals surface area contributed by atoms with Crippen LogP contribution in [0, 0.1) is 6.92 Å². The van der Waals surface area contributed by atoms with Crippen molar-refractivity contribution in [3.8, 4) is 5.75 Å². The molecular formula is C18H17Cl2N3O2. The number of hydrogen-bond donors (Lipinski definition) is 2. The van der Waals surface area contributed by atoms with Crippen LogP contribution in [0.3, 0.4) is 0 Å². The summed E-state index contributed by atoms with van der Waals surface area (Å²) in [5.74, 6) is 1.08. The third-order valence-electron chi connectivity index (χ3n) is 3.60. The van der Waals surface area contributed by atoms with E-state index in [9.17, 15) is 5.11 Å². The molecule has 0 saturated carbocycles. The number of anilines is 1. The number of nitrogens with one attached hydrogen (secondary N) is 1. The fraction of sp³-hybridized carbons (Fsp3) is 0.222. The van der Waals surface area contributed by atoms with E-state index in [0.717, 1.165) is 16.7 Å². The van der Waals surface area contributed by atoms with E-state index in [-0.39, 0.29) is 13.2 Å². The highest BCUT2D eigenvalue weighted by molar-refractivity contribution is 6.42. The van der Waals surface area contributed by atoms with Crippen molar-refractivity contribution in [1.29, 1.82) is 0 Å². The second-order valence-corrected chi connectivity index (χ2v) is 6.33. The zero-order valence-electron chi connectivity index (χ0n) is 13.5. The molecular weight excluding hydrogens is 361 g/mol. The van der Waals surface area contributed by atoms with Crippen LogP contribution in [0.15, 0.2) is 42.5 Å². The lowest BCUT2D eigenvalue weighted by Crippen LogP contribution is -2.27. The highest BCUT2D eigenvalue weighted by atomic mass is 35.5. The fourth-order valence-corrected chi connectivity index (χ4v) is 2.66. The predicted octanol–water partition coefficient (Wildman–Crippen LogP) is 4.10. The number of aromatic nitrogens is 2. The Morgan fingerprint density at radius 3 is 2.56 bits per heavy atom. The normalized spacial score (nSPS) is 12.2. The summed E-state index contributed by atoms with van der Waals surface area (Å²) in [6, 6.07) is 12.8. The minimum atomic E-state index is -0.747. The van der Waals surface area contributed by atoms with Gasteiger partial charge in [0.2, 0.25) is 0 Å². The molecule has 1 atom stereocenters. The first-order chi connectivity index (χ1) is 12.0. The van der Waals surface area contributed by atoms with Gasteiger partial charge in [-0.05, 0) is 31.2 Å². The Kier molecular flexibility index (Phi) is 5.58. The van der Waals surface area contributed by atoms with Gasteiger partial charge in [0.25, 0.3) is 0 Å². The van der Waals surface area contributed by atoms with Gasteiger partial charge in [-0.15, -0.1) is 0 Å². The number of halogens is 2. The summed E-state index contributed by atoms with van der Waals surface area (Å²) in [6.07, 6.45) is -0.747. The molecule has 0 aliphatic heterocycles. The summed E-state index contributed by atoms with van der Waals surface area (Å²) < 4.78 is 5.53. The Morgan fingerprint density at radius 2 is 1.80 bits per heavy atom. The van der Waals surface area contributed by atoms with Crippen LogP contribution >= 0.6 is 23.2 Å². The van der Waals surface area contributed by atoms with Gasteiger partial charge in [-0.25, -0.2) is 9.97 Å². The Bertz CT molecular complexity index is 889. The quantitative estimate of drug-likeness (QED) is 0.676. The third kappa shape index (κ3) is 4.31. The number of benzene rings is 2. The highest BCUT2D eigenvalue weighted by Gasteiger charge is 2.11. The number of aliphatic hydroxyl groups excluding tert-OH is 1. The smallest absolute Gasteiger partial charge is 0.148 e. The molecule has 0 amide bonds. The molecule has 130 valence electrons. The lowest BCUT2D eigenvalue weighted by Gasteiger charge is -2.15. The van der Waals surface area contributed by atoms with E-state index in [4.69, 9.17) is 27.9 Å². The number of para-hydroxylation sites is 2. The molecule has 25 heavy (non-hydrogen) atoms. The van der Waals surface area contributed by atoms with E-state index in [1.807, 2.05) is 31.2 Å².